The number of ether oxygens (including phenoxy) is 1. The highest BCUT2D eigenvalue weighted by Gasteiger charge is 2.48. The maximum absolute atomic E-state index is 12.6. The fraction of sp³-hybridized carbons (Fsp3) is 0.286. The molecule has 1 unspecified atom stereocenters. The molecule has 24 heavy (non-hydrogen) atoms. The van der Waals surface area contributed by atoms with Crippen molar-refractivity contribution < 1.29 is 14.6 Å². The molecular formula is C21H20O3. The van der Waals surface area contributed by atoms with Gasteiger partial charge >= 0.3 is 0 Å². The summed E-state index contributed by atoms with van der Waals surface area (Å²) in [5.41, 5.74) is 2.61. The molecule has 1 fully saturated rings. The summed E-state index contributed by atoms with van der Waals surface area (Å²) in [6.45, 7) is 2.05. The SMILES string of the molecule is Cc1ccc(CC23CCCC(=O)C2=C(O)c2ccccc2O3)cc1. The van der Waals surface area contributed by atoms with Gasteiger partial charge in [-0.2, -0.15) is 0 Å². The van der Waals surface area contributed by atoms with Gasteiger partial charge in [0.05, 0.1) is 11.1 Å². The molecule has 1 N–H and O–H groups in total. The van der Waals surface area contributed by atoms with Gasteiger partial charge in [-0.1, -0.05) is 42.0 Å². The summed E-state index contributed by atoms with van der Waals surface area (Å²) in [6.07, 6.45) is 2.58. The van der Waals surface area contributed by atoms with Crippen molar-refractivity contribution in [3.05, 3.63) is 70.8 Å². The number of hydrogen-bond acceptors (Lipinski definition) is 3. The van der Waals surface area contributed by atoms with Crippen LogP contribution in [0.4, 0.5) is 0 Å². The second-order valence-electron chi connectivity index (χ2n) is 6.76. The third kappa shape index (κ3) is 2.32. The van der Waals surface area contributed by atoms with E-state index in [0.29, 0.717) is 29.7 Å². The highest BCUT2D eigenvalue weighted by atomic mass is 16.5. The Bertz CT molecular complexity index is 832. The molecule has 122 valence electrons. The predicted octanol–water partition coefficient (Wildman–Crippen LogP) is 4.39. The van der Waals surface area contributed by atoms with Crippen LogP contribution in [0.2, 0.25) is 0 Å². The highest BCUT2D eigenvalue weighted by Crippen LogP contribution is 2.46. The van der Waals surface area contributed by atoms with E-state index in [4.69, 9.17) is 4.74 Å². The fourth-order valence-corrected chi connectivity index (χ4v) is 3.83. The Morgan fingerprint density at radius 3 is 2.67 bits per heavy atom. The van der Waals surface area contributed by atoms with Gasteiger partial charge < -0.3 is 9.84 Å². The second kappa shape index (κ2) is 5.52. The van der Waals surface area contributed by atoms with Gasteiger partial charge in [-0.15, -0.1) is 0 Å². The quantitative estimate of drug-likeness (QED) is 0.892. The zero-order chi connectivity index (χ0) is 16.7. The average molecular weight is 320 g/mol. The molecule has 3 heteroatoms. The average Bonchev–Trinajstić information content (AvgIpc) is 2.57. The molecule has 0 bridgehead atoms. The first-order chi connectivity index (χ1) is 11.6. The van der Waals surface area contributed by atoms with Crippen LogP contribution in [0.5, 0.6) is 5.75 Å². The van der Waals surface area contributed by atoms with Crippen molar-refractivity contribution in [1.82, 2.24) is 0 Å². The van der Waals surface area contributed by atoms with Crippen LogP contribution in [-0.2, 0) is 11.2 Å². The number of fused-ring (bicyclic) bond motifs is 2. The topological polar surface area (TPSA) is 46.5 Å². The van der Waals surface area contributed by atoms with E-state index in [1.165, 1.54) is 5.56 Å². The molecule has 1 heterocycles. The number of aryl methyl sites for hydroxylation is 1. The van der Waals surface area contributed by atoms with Crippen LogP contribution in [0.1, 0.15) is 36.0 Å². The standard InChI is InChI=1S/C21H20O3/c1-14-8-10-15(11-9-14)13-21-12-4-6-17(22)19(21)20(23)16-5-2-3-7-18(16)24-21/h2-3,5,7-11,23H,4,6,12-13H2,1H3. The third-order valence-electron chi connectivity index (χ3n) is 5.01. The first kappa shape index (κ1) is 15.0. The minimum absolute atomic E-state index is 0.000338. The Kier molecular flexibility index (Phi) is 3.45. The number of carbonyl (C=O) groups is 1. The van der Waals surface area contributed by atoms with Gasteiger partial charge in [0.25, 0.3) is 0 Å². The number of aliphatic hydroxyl groups excluding tert-OH is 1. The highest BCUT2D eigenvalue weighted by molar-refractivity contribution is 6.05. The van der Waals surface area contributed by atoms with Crippen molar-refractivity contribution in [2.45, 2.75) is 38.2 Å². The lowest BCUT2D eigenvalue weighted by molar-refractivity contribution is -0.119. The number of ketones is 1. The summed E-state index contributed by atoms with van der Waals surface area (Å²) >= 11 is 0. The number of benzene rings is 2. The Balaban J connectivity index is 1.84. The number of hydrogen-bond donors (Lipinski definition) is 1. The van der Waals surface area contributed by atoms with Crippen LogP contribution >= 0.6 is 0 Å². The molecule has 3 nitrogen and oxygen atoms in total. The van der Waals surface area contributed by atoms with Crippen molar-refractivity contribution in [3.63, 3.8) is 0 Å². The third-order valence-corrected chi connectivity index (χ3v) is 5.01. The Labute approximate surface area is 141 Å². The molecule has 1 aliphatic carbocycles. The molecule has 0 saturated heterocycles. The molecule has 0 amide bonds. The summed E-state index contributed by atoms with van der Waals surface area (Å²) in [5.74, 6) is 0.745. The van der Waals surface area contributed by atoms with E-state index in [0.717, 1.165) is 18.4 Å². The van der Waals surface area contributed by atoms with Crippen molar-refractivity contribution in [3.8, 4) is 5.75 Å². The fourth-order valence-electron chi connectivity index (χ4n) is 3.83. The smallest absolute Gasteiger partial charge is 0.166 e. The summed E-state index contributed by atoms with van der Waals surface area (Å²) in [5, 5.41) is 10.8. The molecule has 1 saturated carbocycles. The monoisotopic (exact) mass is 320 g/mol. The lowest BCUT2D eigenvalue weighted by atomic mass is 9.73. The normalized spacial score (nSPS) is 22.6. The lowest BCUT2D eigenvalue weighted by Crippen LogP contribution is -2.48. The van der Waals surface area contributed by atoms with Crippen LogP contribution in [0.25, 0.3) is 5.76 Å². The lowest BCUT2D eigenvalue weighted by Gasteiger charge is -2.42. The van der Waals surface area contributed by atoms with E-state index in [9.17, 15) is 9.90 Å². The van der Waals surface area contributed by atoms with Crippen LogP contribution in [-0.4, -0.2) is 16.5 Å². The van der Waals surface area contributed by atoms with Crippen LogP contribution in [0, 0.1) is 6.92 Å². The van der Waals surface area contributed by atoms with Gasteiger partial charge in [-0.3, -0.25) is 4.79 Å². The second-order valence-corrected chi connectivity index (χ2v) is 6.76. The number of Topliss-reactive ketones (excluding diaryl/α,β-unsaturated/α-hetero) is 1. The summed E-state index contributed by atoms with van der Waals surface area (Å²) in [4.78, 5) is 12.6. The molecule has 0 radical (unpaired) electrons. The molecule has 2 aliphatic rings. The Morgan fingerprint density at radius 1 is 1.12 bits per heavy atom. The van der Waals surface area contributed by atoms with Crippen LogP contribution < -0.4 is 4.74 Å². The van der Waals surface area contributed by atoms with Gasteiger partial charge in [-0.25, -0.2) is 0 Å². The molecular weight excluding hydrogens is 300 g/mol. The Hall–Kier alpha value is -2.55. The molecule has 2 aromatic carbocycles. The van der Waals surface area contributed by atoms with Crippen molar-refractivity contribution in [2.75, 3.05) is 0 Å². The minimum Gasteiger partial charge on any atom is -0.507 e. The molecule has 0 spiro atoms. The predicted molar refractivity (Wildman–Crippen MR) is 93.1 cm³/mol. The van der Waals surface area contributed by atoms with Crippen molar-refractivity contribution >= 4 is 11.5 Å². The maximum Gasteiger partial charge on any atom is 0.166 e. The van der Waals surface area contributed by atoms with E-state index in [2.05, 4.69) is 31.2 Å². The number of aliphatic hydroxyl groups is 1. The van der Waals surface area contributed by atoms with E-state index in [-0.39, 0.29) is 11.5 Å². The van der Waals surface area contributed by atoms with Crippen LogP contribution in [0.15, 0.2) is 54.1 Å². The summed E-state index contributed by atoms with van der Waals surface area (Å²) in [7, 11) is 0. The summed E-state index contributed by atoms with van der Waals surface area (Å²) in [6, 6.07) is 15.7. The molecule has 1 atom stereocenters. The van der Waals surface area contributed by atoms with Gasteiger partial charge in [0.2, 0.25) is 0 Å². The summed E-state index contributed by atoms with van der Waals surface area (Å²) < 4.78 is 6.36. The van der Waals surface area contributed by atoms with Gasteiger partial charge in [0.15, 0.2) is 5.78 Å². The maximum atomic E-state index is 12.6. The number of para-hydroxylation sites is 1. The van der Waals surface area contributed by atoms with Gasteiger partial charge in [0, 0.05) is 12.8 Å². The zero-order valence-corrected chi connectivity index (χ0v) is 13.7. The van der Waals surface area contributed by atoms with E-state index >= 15 is 0 Å². The first-order valence-corrected chi connectivity index (χ1v) is 8.40. The largest absolute Gasteiger partial charge is 0.507 e. The first-order valence-electron chi connectivity index (χ1n) is 8.40. The van der Waals surface area contributed by atoms with E-state index < -0.39 is 5.60 Å². The van der Waals surface area contributed by atoms with E-state index in [1.807, 2.05) is 18.2 Å². The minimum atomic E-state index is -0.761. The molecule has 1 aliphatic heterocycles. The van der Waals surface area contributed by atoms with E-state index in [1.54, 1.807) is 6.07 Å². The van der Waals surface area contributed by atoms with Gasteiger partial charge in [0.1, 0.15) is 17.1 Å². The van der Waals surface area contributed by atoms with Crippen molar-refractivity contribution in [2.24, 2.45) is 0 Å². The van der Waals surface area contributed by atoms with Gasteiger partial charge in [-0.05, 0) is 37.5 Å². The van der Waals surface area contributed by atoms with Crippen molar-refractivity contribution in [1.29, 1.82) is 0 Å². The van der Waals surface area contributed by atoms with Crippen LogP contribution in [0.3, 0.4) is 0 Å². The zero-order valence-electron chi connectivity index (χ0n) is 13.7. The molecule has 2 aromatic rings. The number of rotatable bonds is 2. The Morgan fingerprint density at radius 2 is 1.88 bits per heavy atom. The molecule has 0 aromatic heterocycles. The molecule has 4 rings (SSSR count). The number of carbonyl (C=O) groups excluding carboxylic acids is 1.